The summed E-state index contributed by atoms with van der Waals surface area (Å²) >= 11 is 0. The molecule has 0 saturated carbocycles. The van der Waals surface area contributed by atoms with E-state index in [0.29, 0.717) is 17.9 Å². The van der Waals surface area contributed by atoms with Crippen LogP contribution >= 0.6 is 0 Å². The van der Waals surface area contributed by atoms with Crippen molar-refractivity contribution in [1.29, 1.82) is 0 Å². The van der Waals surface area contributed by atoms with Crippen LogP contribution in [0.4, 0.5) is 10.5 Å². The molecule has 0 spiro atoms. The van der Waals surface area contributed by atoms with Crippen LogP contribution in [0.1, 0.15) is 31.9 Å². The molecule has 23 heavy (non-hydrogen) atoms. The van der Waals surface area contributed by atoms with Gasteiger partial charge in [0, 0.05) is 17.0 Å². The third-order valence-corrected chi connectivity index (χ3v) is 3.80. The van der Waals surface area contributed by atoms with Crippen LogP contribution in [0.2, 0.25) is 0 Å². The highest BCUT2D eigenvalue weighted by Gasteiger charge is 2.34. The molecule has 1 amide bonds. The average molecular weight is 315 g/mol. The Labute approximate surface area is 135 Å². The number of hydrogen-bond acceptors (Lipinski definition) is 4. The van der Waals surface area contributed by atoms with Crippen LogP contribution < -0.4 is 9.64 Å². The molecule has 3 rings (SSSR count). The number of rotatable bonds is 1. The van der Waals surface area contributed by atoms with Gasteiger partial charge in [0.1, 0.15) is 5.60 Å². The summed E-state index contributed by atoms with van der Waals surface area (Å²) in [7, 11) is 1.58. The molecular weight excluding hydrogens is 294 g/mol. The third-order valence-electron chi connectivity index (χ3n) is 3.80. The second kappa shape index (κ2) is 5.05. The second-order valence-electron chi connectivity index (χ2n) is 6.77. The number of hydrogen-bond donors (Lipinski definition) is 0. The first-order chi connectivity index (χ1) is 10.7. The average Bonchev–Trinajstić information content (AvgIpc) is 2.97. The summed E-state index contributed by atoms with van der Waals surface area (Å²) in [4.78, 5) is 14.1. The van der Waals surface area contributed by atoms with Gasteiger partial charge < -0.3 is 13.9 Å². The predicted octanol–water partition coefficient (Wildman–Crippen LogP) is 4.52. The molecule has 0 N–H and O–H groups in total. The van der Waals surface area contributed by atoms with Gasteiger partial charge in [-0.1, -0.05) is 6.58 Å². The summed E-state index contributed by atoms with van der Waals surface area (Å²) in [6.07, 6.45) is 1.30. The van der Waals surface area contributed by atoms with Crippen LogP contribution in [0.3, 0.4) is 0 Å². The maximum atomic E-state index is 12.5. The molecule has 5 nitrogen and oxygen atoms in total. The van der Waals surface area contributed by atoms with E-state index >= 15 is 0 Å². The van der Waals surface area contributed by atoms with E-state index in [9.17, 15) is 4.79 Å². The van der Waals surface area contributed by atoms with Gasteiger partial charge in [-0.15, -0.1) is 0 Å². The summed E-state index contributed by atoms with van der Waals surface area (Å²) in [6, 6.07) is 1.81. The van der Waals surface area contributed by atoms with Crippen molar-refractivity contribution in [2.45, 2.75) is 33.3 Å². The van der Waals surface area contributed by atoms with Crippen LogP contribution in [-0.2, 0) is 4.74 Å². The lowest BCUT2D eigenvalue weighted by molar-refractivity contribution is 0.0586. The van der Waals surface area contributed by atoms with Crippen molar-refractivity contribution in [2.75, 3.05) is 18.6 Å². The first-order valence-electron chi connectivity index (χ1n) is 7.50. The Morgan fingerprint density at radius 1 is 1.39 bits per heavy atom. The zero-order valence-corrected chi connectivity index (χ0v) is 14.1. The van der Waals surface area contributed by atoms with Gasteiger partial charge in [0.25, 0.3) is 0 Å². The Kier molecular flexibility index (Phi) is 3.39. The van der Waals surface area contributed by atoms with E-state index in [1.54, 1.807) is 18.3 Å². The van der Waals surface area contributed by atoms with Gasteiger partial charge in [-0.25, -0.2) is 4.79 Å². The minimum atomic E-state index is -0.555. The van der Waals surface area contributed by atoms with Crippen LogP contribution in [0.5, 0.6) is 5.75 Å². The number of carbonyl (C=O) groups excluding carboxylic acids is 1. The number of carbonyl (C=O) groups is 1. The summed E-state index contributed by atoms with van der Waals surface area (Å²) in [6.45, 7) is 12.0. The van der Waals surface area contributed by atoms with E-state index in [1.807, 2.05) is 33.8 Å². The topological polar surface area (TPSA) is 51.9 Å². The molecule has 1 aliphatic rings. The molecule has 1 aromatic heterocycles. The molecule has 0 atom stereocenters. The predicted molar refractivity (Wildman–Crippen MR) is 90.1 cm³/mol. The number of benzene rings is 1. The van der Waals surface area contributed by atoms with E-state index in [1.165, 1.54) is 0 Å². The van der Waals surface area contributed by atoms with Crippen molar-refractivity contribution in [1.82, 2.24) is 0 Å². The van der Waals surface area contributed by atoms with Crippen LogP contribution in [-0.4, -0.2) is 25.3 Å². The SMILES string of the molecule is C=C1CN(C(=O)OC(C)(C)C)c2cc(OC)c3occ(C)c3c21. The van der Waals surface area contributed by atoms with Gasteiger partial charge in [-0.2, -0.15) is 0 Å². The molecule has 1 aromatic carbocycles. The van der Waals surface area contributed by atoms with E-state index in [2.05, 4.69) is 6.58 Å². The molecule has 0 bridgehead atoms. The number of aryl methyl sites for hydroxylation is 1. The number of furan rings is 1. The number of methoxy groups -OCH3 is 1. The van der Waals surface area contributed by atoms with Crippen LogP contribution in [0, 0.1) is 6.92 Å². The van der Waals surface area contributed by atoms with Gasteiger partial charge in [0.15, 0.2) is 11.3 Å². The minimum Gasteiger partial charge on any atom is -0.493 e. The lowest BCUT2D eigenvalue weighted by atomic mass is 10.0. The van der Waals surface area contributed by atoms with Gasteiger partial charge in [-0.05, 0) is 38.8 Å². The van der Waals surface area contributed by atoms with Crippen molar-refractivity contribution in [3.8, 4) is 5.75 Å². The van der Waals surface area contributed by atoms with Gasteiger partial charge in [-0.3, -0.25) is 4.90 Å². The second-order valence-corrected chi connectivity index (χ2v) is 6.77. The molecule has 122 valence electrons. The molecular formula is C18H21NO4. The Morgan fingerprint density at radius 2 is 2.09 bits per heavy atom. The summed E-state index contributed by atoms with van der Waals surface area (Å²) in [5.41, 5.74) is 3.65. The monoisotopic (exact) mass is 315 g/mol. The molecule has 2 aromatic rings. The fourth-order valence-electron chi connectivity index (χ4n) is 2.88. The van der Waals surface area contributed by atoms with Crippen molar-refractivity contribution in [2.24, 2.45) is 0 Å². The fourth-order valence-corrected chi connectivity index (χ4v) is 2.88. The van der Waals surface area contributed by atoms with Crippen LogP contribution in [0.15, 0.2) is 23.3 Å². The standard InChI is InChI=1S/C18H21NO4/c1-10-8-19(17(20)23-18(3,4)5)12-7-13(21-6)16-15(14(10)12)11(2)9-22-16/h7,9H,1,8H2,2-6H3. The molecule has 0 radical (unpaired) electrons. The largest absolute Gasteiger partial charge is 0.493 e. The Hall–Kier alpha value is -2.43. The van der Waals surface area contributed by atoms with Crippen molar-refractivity contribution >= 4 is 28.3 Å². The van der Waals surface area contributed by atoms with E-state index in [-0.39, 0.29) is 6.09 Å². The third kappa shape index (κ3) is 2.46. The van der Waals surface area contributed by atoms with E-state index in [4.69, 9.17) is 13.9 Å². The lowest BCUT2D eigenvalue weighted by Gasteiger charge is -2.24. The zero-order chi connectivity index (χ0) is 16.9. The van der Waals surface area contributed by atoms with Crippen molar-refractivity contribution in [3.63, 3.8) is 0 Å². The first-order valence-corrected chi connectivity index (χ1v) is 7.50. The van der Waals surface area contributed by atoms with Gasteiger partial charge in [0.05, 0.1) is 25.6 Å². The highest BCUT2D eigenvalue weighted by atomic mass is 16.6. The number of ether oxygens (including phenoxy) is 2. The normalized spacial score (nSPS) is 14.3. The molecule has 0 aliphatic carbocycles. The zero-order valence-electron chi connectivity index (χ0n) is 14.1. The number of amides is 1. The fraction of sp³-hybridized carbons (Fsp3) is 0.389. The van der Waals surface area contributed by atoms with Crippen molar-refractivity contribution < 1.29 is 18.7 Å². The van der Waals surface area contributed by atoms with Gasteiger partial charge in [0.2, 0.25) is 0 Å². The lowest BCUT2D eigenvalue weighted by Crippen LogP contribution is -2.35. The highest BCUT2D eigenvalue weighted by Crippen LogP contribution is 2.46. The number of nitrogens with zero attached hydrogens (tertiary/aromatic N) is 1. The van der Waals surface area contributed by atoms with E-state index in [0.717, 1.165) is 27.8 Å². The quantitative estimate of drug-likeness (QED) is 0.776. The molecule has 0 unspecified atom stereocenters. The maximum absolute atomic E-state index is 12.5. The smallest absolute Gasteiger partial charge is 0.415 e. The minimum absolute atomic E-state index is 0.389. The van der Waals surface area contributed by atoms with Crippen molar-refractivity contribution in [3.05, 3.63) is 30.0 Å². The first kappa shape index (κ1) is 15.5. The summed E-state index contributed by atoms with van der Waals surface area (Å²) in [5, 5.41) is 0.940. The molecule has 5 heteroatoms. The molecule has 1 aliphatic heterocycles. The maximum Gasteiger partial charge on any atom is 0.415 e. The molecule has 2 heterocycles. The van der Waals surface area contributed by atoms with E-state index < -0.39 is 5.60 Å². The Morgan fingerprint density at radius 3 is 2.70 bits per heavy atom. The molecule has 0 fully saturated rings. The van der Waals surface area contributed by atoms with Gasteiger partial charge >= 0.3 is 6.09 Å². The Balaban J connectivity index is 2.17. The summed E-state index contributed by atoms with van der Waals surface area (Å²) < 4.78 is 16.6. The van der Waals surface area contributed by atoms with Crippen LogP contribution in [0.25, 0.3) is 16.5 Å². The molecule has 0 saturated heterocycles. The Bertz CT molecular complexity index is 811. The number of fused-ring (bicyclic) bond motifs is 3. The summed E-state index contributed by atoms with van der Waals surface area (Å²) in [5.74, 6) is 0.593. The highest BCUT2D eigenvalue weighted by molar-refractivity contribution is 6.10. The number of anilines is 1.